The summed E-state index contributed by atoms with van der Waals surface area (Å²) in [4.78, 5) is 11.8. The van der Waals surface area contributed by atoms with E-state index in [-0.39, 0.29) is 11.8 Å². The molecular formula is C13H23NO2. The van der Waals surface area contributed by atoms with Gasteiger partial charge in [-0.25, -0.2) is 0 Å². The molecule has 0 radical (unpaired) electrons. The van der Waals surface area contributed by atoms with Gasteiger partial charge in [-0.15, -0.1) is 0 Å². The average Bonchev–Trinajstić information content (AvgIpc) is 2.83. The first-order chi connectivity index (χ1) is 7.77. The Balaban J connectivity index is 1.77. The van der Waals surface area contributed by atoms with Gasteiger partial charge in [0.15, 0.2) is 0 Å². The first kappa shape index (κ1) is 11.9. The van der Waals surface area contributed by atoms with Gasteiger partial charge in [-0.1, -0.05) is 32.1 Å². The summed E-state index contributed by atoms with van der Waals surface area (Å²) >= 11 is 0. The molecule has 1 atom stereocenters. The van der Waals surface area contributed by atoms with Crippen molar-refractivity contribution in [1.29, 1.82) is 0 Å². The van der Waals surface area contributed by atoms with Crippen molar-refractivity contribution in [3.8, 4) is 0 Å². The lowest BCUT2D eigenvalue weighted by molar-refractivity contribution is -0.132. The number of aliphatic hydroxyl groups excluding tert-OH is 1. The van der Waals surface area contributed by atoms with E-state index in [0.29, 0.717) is 6.04 Å². The molecule has 0 aromatic heterocycles. The van der Waals surface area contributed by atoms with Crippen LogP contribution in [0.4, 0.5) is 0 Å². The van der Waals surface area contributed by atoms with Gasteiger partial charge in [0.1, 0.15) is 6.10 Å². The van der Waals surface area contributed by atoms with Crippen molar-refractivity contribution in [2.24, 2.45) is 5.92 Å². The van der Waals surface area contributed by atoms with Crippen molar-refractivity contribution in [3.05, 3.63) is 0 Å². The van der Waals surface area contributed by atoms with E-state index < -0.39 is 6.10 Å². The number of rotatable bonds is 3. The third-order valence-corrected chi connectivity index (χ3v) is 4.07. The van der Waals surface area contributed by atoms with Crippen LogP contribution in [-0.4, -0.2) is 23.2 Å². The molecule has 3 heteroatoms. The van der Waals surface area contributed by atoms with Gasteiger partial charge in [0.05, 0.1) is 0 Å². The fourth-order valence-corrected chi connectivity index (χ4v) is 3.02. The Kier molecular flexibility index (Phi) is 4.22. The topological polar surface area (TPSA) is 49.3 Å². The monoisotopic (exact) mass is 225 g/mol. The number of hydrogen-bond acceptors (Lipinski definition) is 2. The van der Waals surface area contributed by atoms with Crippen LogP contribution in [0.3, 0.4) is 0 Å². The minimum absolute atomic E-state index is 0.126. The summed E-state index contributed by atoms with van der Waals surface area (Å²) in [5.74, 6) is 0.0855. The summed E-state index contributed by atoms with van der Waals surface area (Å²) in [5.41, 5.74) is 0. The largest absolute Gasteiger partial charge is 0.383 e. The van der Waals surface area contributed by atoms with Crippen LogP contribution in [0, 0.1) is 5.92 Å². The van der Waals surface area contributed by atoms with E-state index in [1.165, 1.54) is 32.1 Å². The van der Waals surface area contributed by atoms with Gasteiger partial charge in [-0.2, -0.15) is 0 Å². The highest BCUT2D eigenvalue weighted by Gasteiger charge is 2.29. The molecule has 0 spiro atoms. The molecule has 2 N–H and O–H groups in total. The van der Waals surface area contributed by atoms with E-state index in [2.05, 4.69) is 5.32 Å². The molecule has 0 aliphatic heterocycles. The first-order valence-electron chi connectivity index (χ1n) is 6.76. The number of carbonyl (C=O) groups is 1. The number of hydrogen-bond donors (Lipinski definition) is 2. The molecule has 2 fully saturated rings. The summed E-state index contributed by atoms with van der Waals surface area (Å²) in [6.07, 6.45) is 9.48. The van der Waals surface area contributed by atoms with Gasteiger partial charge in [0.25, 0.3) is 0 Å². The highest BCUT2D eigenvalue weighted by atomic mass is 16.3. The lowest BCUT2D eigenvalue weighted by Gasteiger charge is -2.25. The van der Waals surface area contributed by atoms with Crippen molar-refractivity contribution in [1.82, 2.24) is 5.32 Å². The van der Waals surface area contributed by atoms with E-state index >= 15 is 0 Å². The second-order valence-corrected chi connectivity index (χ2v) is 5.33. The Morgan fingerprint density at radius 2 is 1.56 bits per heavy atom. The molecule has 2 aliphatic rings. The molecule has 3 nitrogen and oxygen atoms in total. The van der Waals surface area contributed by atoms with Crippen molar-refractivity contribution >= 4 is 5.91 Å². The van der Waals surface area contributed by atoms with E-state index in [1.54, 1.807) is 0 Å². The average molecular weight is 225 g/mol. The summed E-state index contributed by atoms with van der Waals surface area (Å²) in [7, 11) is 0. The van der Waals surface area contributed by atoms with E-state index in [0.717, 1.165) is 25.7 Å². The molecule has 2 rings (SSSR count). The SMILES string of the molecule is O=C(NC1CCCCC1)C(O)C1CCCC1. The van der Waals surface area contributed by atoms with Gasteiger partial charge in [0.2, 0.25) is 5.91 Å². The maximum atomic E-state index is 11.8. The minimum atomic E-state index is -0.760. The fraction of sp³-hybridized carbons (Fsp3) is 0.923. The normalized spacial score (nSPS) is 25.6. The third-order valence-electron chi connectivity index (χ3n) is 4.07. The second-order valence-electron chi connectivity index (χ2n) is 5.33. The molecule has 2 saturated carbocycles. The van der Waals surface area contributed by atoms with Gasteiger partial charge in [0, 0.05) is 6.04 Å². The molecular weight excluding hydrogens is 202 g/mol. The highest BCUT2D eigenvalue weighted by Crippen LogP contribution is 2.28. The summed E-state index contributed by atoms with van der Waals surface area (Å²) in [6, 6.07) is 0.317. The zero-order valence-electron chi connectivity index (χ0n) is 9.95. The Labute approximate surface area is 97.6 Å². The van der Waals surface area contributed by atoms with E-state index in [1.807, 2.05) is 0 Å². The second kappa shape index (κ2) is 5.67. The Morgan fingerprint density at radius 3 is 2.19 bits per heavy atom. The molecule has 0 heterocycles. The molecule has 1 unspecified atom stereocenters. The molecule has 0 saturated heterocycles. The number of nitrogens with one attached hydrogen (secondary N) is 1. The number of carbonyl (C=O) groups excluding carboxylic acids is 1. The summed E-state index contributed by atoms with van der Waals surface area (Å²) < 4.78 is 0. The summed E-state index contributed by atoms with van der Waals surface area (Å²) in [6.45, 7) is 0. The quantitative estimate of drug-likeness (QED) is 0.771. The lowest BCUT2D eigenvalue weighted by atomic mass is 9.94. The predicted octanol–water partition coefficient (Wildman–Crippen LogP) is 1.99. The molecule has 0 aromatic carbocycles. The molecule has 0 bridgehead atoms. The molecule has 0 aromatic rings. The van der Waals surface area contributed by atoms with E-state index in [4.69, 9.17) is 0 Å². The van der Waals surface area contributed by atoms with Crippen LogP contribution in [0.15, 0.2) is 0 Å². The van der Waals surface area contributed by atoms with Crippen LogP contribution < -0.4 is 5.32 Å². The smallest absolute Gasteiger partial charge is 0.249 e. The molecule has 1 amide bonds. The molecule has 2 aliphatic carbocycles. The van der Waals surface area contributed by atoms with Crippen LogP contribution in [-0.2, 0) is 4.79 Å². The fourth-order valence-electron chi connectivity index (χ4n) is 3.02. The summed E-state index contributed by atoms with van der Waals surface area (Å²) in [5, 5.41) is 12.9. The minimum Gasteiger partial charge on any atom is -0.383 e. The van der Waals surface area contributed by atoms with Gasteiger partial charge >= 0.3 is 0 Å². The Morgan fingerprint density at radius 1 is 1.00 bits per heavy atom. The number of amides is 1. The van der Waals surface area contributed by atoms with Crippen molar-refractivity contribution in [2.45, 2.75) is 69.9 Å². The van der Waals surface area contributed by atoms with Crippen molar-refractivity contribution in [2.75, 3.05) is 0 Å². The maximum Gasteiger partial charge on any atom is 0.249 e. The van der Waals surface area contributed by atoms with E-state index in [9.17, 15) is 9.90 Å². The van der Waals surface area contributed by atoms with Crippen LogP contribution in [0.2, 0.25) is 0 Å². The standard InChI is InChI=1S/C13H23NO2/c15-12(10-6-4-5-7-10)13(16)14-11-8-2-1-3-9-11/h10-12,15H,1-9H2,(H,14,16). The van der Waals surface area contributed by atoms with Crippen LogP contribution in [0.25, 0.3) is 0 Å². The van der Waals surface area contributed by atoms with Crippen LogP contribution >= 0.6 is 0 Å². The Hall–Kier alpha value is -0.570. The maximum absolute atomic E-state index is 11.8. The predicted molar refractivity (Wildman–Crippen MR) is 63.0 cm³/mol. The van der Waals surface area contributed by atoms with Gasteiger partial charge in [-0.3, -0.25) is 4.79 Å². The first-order valence-corrected chi connectivity index (χ1v) is 6.76. The number of aliphatic hydroxyl groups is 1. The molecule has 16 heavy (non-hydrogen) atoms. The Bertz CT molecular complexity index is 230. The zero-order valence-corrected chi connectivity index (χ0v) is 9.95. The van der Waals surface area contributed by atoms with Crippen molar-refractivity contribution in [3.63, 3.8) is 0 Å². The lowest BCUT2D eigenvalue weighted by Crippen LogP contribution is -2.44. The third kappa shape index (κ3) is 2.97. The highest BCUT2D eigenvalue weighted by molar-refractivity contribution is 5.81. The van der Waals surface area contributed by atoms with Crippen LogP contribution in [0.1, 0.15) is 57.8 Å². The van der Waals surface area contributed by atoms with Gasteiger partial charge in [-0.05, 0) is 31.6 Å². The van der Waals surface area contributed by atoms with Crippen LogP contribution in [0.5, 0.6) is 0 Å². The molecule has 92 valence electrons. The van der Waals surface area contributed by atoms with Crippen molar-refractivity contribution < 1.29 is 9.90 Å². The van der Waals surface area contributed by atoms with Gasteiger partial charge < -0.3 is 10.4 Å². The zero-order chi connectivity index (χ0) is 11.4.